The van der Waals surface area contributed by atoms with Crippen molar-refractivity contribution in [1.82, 2.24) is 20.4 Å². The number of carbonyl (C=O) groups excluding carboxylic acids is 3. The molecule has 0 saturated carbocycles. The van der Waals surface area contributed by atoms with Crippen LogP contribution in [-0.2, 0) is 9.53 Å². The normalized spacial score (nSPS) is 27.9. The molecule has 2 N–H and O–H groups in total. The summed E-state index contributed by atoms with van der Waals surface area (Å²) in [5.41, 5.74) is 1.45. The number of amides is 3. The minimum Gasteiger partial charge on any atom is -0.462 e. The van der Waals surface area contributed by atoms with Gasteiger partial charge in [0.05, 0.1) is 12.2 Å². The third-order valence-corrected chi connectivity index (χ3v) is 5.35. The summed E-state index contributed by atoms with van der Waals surface area (Å²) in [6.07, 6.45) is 0.336. The monoisotopic (exact) mass is 373 g/mol. The van der Waals surface area contributed by atoms with Gasteiger partial charge >= 0.3 is 12.0 Å². The number of nitrogens with zero attached hydrogens (tertiary/aromatic N) is 3. The van der Waals surface area contributed by atoms with Crippen LogP contribution in [0.4, 0.5) is 10.5 Å². The Bertz CT molecular complexity index is 768. The zero-order valence-electron chi connectivity index (χ0n) is 15.3. The lowest BCUT2D eigenvalue weighted by Gasteiger charge is -2.42. The van der Waals surface area contributed by atoms with E-state index in [2.05, 4.69) is 20.4 Å². The van der Waals surface area contributed by atoms with Crippen LogP contribution >= 0.6 is 0 Å². The fourth-order valence-corrected chi connectivity index (χ4v) is 4.03. The number of likely N-dealkylation sites (N-methyl/N-ethyl adjacent to an activating group) is 1. The third-order valence-electron chi connectivity index (χ3n) is 5.35. The van der Waals surface area contributed by atoms with Crippen molar-refractivity contribution in [2.75, 3.05) is 31.6 Å². The maximum atomic E-state index is 12.4. The zero-order chi connectivity index (χ0) is 19.1. The summed E-state index contributed by atoms with van der Waals surface area (Å²) in [5.74, 6) is -0.608. The third kappa shape index (κ3) is 2.92. The highest BCUT2D eigenvalue weighted by Gasteiger charge is 2.53. The molecule has 3 fully saturated rings. The number of benzene rings is 1. The Morgan fingerprint density at radius 3 is 2.67 bits per heavy atom. The van der Waals surface area contributed by atoms with E-state index in [9.17, 15) is 14.4 Å². The van der Waals surface area contributed by atoms with Crippen LogP contribution in [0.25, 0.3) is 0 Å². The van der Waals surface area contributed by atoms with Gasteiger partial charge in [0.2, 0.25) is 5.91 Å². The minimum atomic E-state index is -0.417. The van der Waals surface area contributed by atoms with Crippen molar-refractivity contribution in [3.8, 4) is 0 Å². The van der Waals surface area contributed by atoms with Gasteiger partial charge in [0.1, 0.15) is 18.5 Å². The Balaban J connectivity index is 1.57. The van der Waals surface area contributed by atoms with Crippen molar-refractivity contribution >= 4 is 23.6 Å². The number of hydrogen-bond donors (Lipinski definition) is 2. The molecule has 0 spiro atoms. The number of rotatable bonds is 3. The lowest BCUT2D eigenvalue weighted by Crippen LogP contribution is -2.65. The fraction of sp³-hybridized carbons (Fsp3) is 0.500. The van der Waals surface area contributed by atoms with E-state index < -0.39 is 6.04 Å². The van der Waals surface area contributed by atoms with Crippen LogP contribution in [-0.4, -0.2) is 72.9 Å². The van der Waals surface area contributed by atoms with Crippen LogP contribution in [0.5, 0.6) is 0 Å². The highest BCUT2D eigenvalue weighted by Crippen LogP contribution is 2.31. The summed E-state index contributed by atoms with van der Waals surface area (Å²) in [6.45, 7) is 3.69. The van der Waals surface area contributed by atoms with Crippen LogP contribution in [0, 0.1) is 0 Å². The molecule has 0 bridgehead atoms. The maximum absolute atomic E-state index is 12.4. The summed E-state index contributed by atoms with van der Waals surface area (Å²) in [4.78, 5) is 42.0. The summed E-state index contributed by atoms with van der Waals surface area (Å²) in [6, 6.07) is 6.45. The van der Waals surface area contributed by atoms with Gasteiger partial charge in [-0.1, -0.05) is 0 Å². The molecule has 9 heteroatoms. The number of fused-ring (bicyclic) bond motifs is 3. The number of hydrogen-bond acceptors (Lipinski definition) is 7. The van der Waals surface area contributed by atoms with Gasteiger partial charge in [-0.3, -0.25) is 20.3 Å². The Morgan fingerprint density at radius 1 is 1.22 bits per heavy atom. The molecule has 4 rings (SSSR count). The second-order valence-electron chi connectivity index (χ2n) is 6.89. The lowest BCUT2D eigenvalue weighted by atomic mass is 10.1. The molecule has 3 amide bonds. The Kier molecular flexibility index (Phi) is 4.48. The fourth-order valence-electron chi connectivity index (χ4n) is 4.03. The van der Waals surface area contributed by atoms with E-state index in [0.29, 0.717) is 12.2 Å². The first kappa shape index (κ1) is 17.7. The van der Waals surface area contributed by atoms with Crippen LogP contribution < -0.4 is 15.5 Å². The van der Waals surface area contributed by atoms with Gasteiger partial charge in [0, 0.05) is 25.8 Å². The average molecular weight is 373 g/mol. The van der Waals surface area contributed by atoms with Gasteiger partial charge in [-0.2, -0.15) is 0 Å². The number of ether oxygens (including phenoxy) is 1. The first-order chi connectivity index (χ1) is 13.0. The Morgan fingerprint density at radius 2 is 1.96 bits per heavy atom. The predicted molar refractivity (Wildman–Crippen MR) is 96.9 cm³/mol. The number of esters is 1. The molecule has 0 aromatic heterocycles. The largest absolute Gasteiger partial charge is 0.462 e. The van der Waals surface area contributed by atoms with Crippen LogP contribution in [0.2, 0.25) is 0 Å². The summed E-state index contributed by atoms with van der Waals surface area (Å²) < 4.78 is 5.03. The van der Waals surface area contributed by atoms with Crippen molar-refractivity contribution in [2.24, 2.45) is 0 Å². The number of anilines is 1. The molecule has 3 aliphatic heterocycles. The first-order valence-electron chi connectivity index (χ1n) is 9.14. The zero-order valence-corrected chi connectivity index (χ0v) is 15.3. The highest BCUT2D eigenvalue weighted by atomic mass is 16.5. The SMILES string of the molecule is CCOC(=O)c1ccc(N2CCCN3C4C(=O)NC(=O)N(C)C4NC23)cc1. The van der Waals surface area contributed by atoms with Gasteiger partial charge in [-0.25, -0.2) is 9.59 Å². The molecule has 9 nitrogen and oxygen atoms in total. The Hall–Kier alpha value is -2.65. The van der Waals surface area contributed by atoms with E-state index in [1.54, 1.807) is 26.1 Å². The van der Waals surface area contributed by atoms with Crippen molar-refractivity contribution in [3.05, 3.63) is 29.8 Å². The first-order valence-corrected chi connectivity index (χ1v) is 9.14. The molecule has 3 heterocycles. The summed E-state index contributed by atoms with van der Waals surface area (Å²) in [7, 11) is 1.68. The van der Waals surface area contributed by atoms with Gasteiger partial charge in [0.25, 0.3) is 0 Å². The molecule has 1 aromatic carbocycles. The van der Waals surface area contributed by atoms with Crippen LogP contribution in [0.15, 0.2) is 24.3 Å². The van der Waals surface area contributed by atoms with E-state index in [1.807, 2.05) is 12.1 Å². The molecular weight excluding hydrogens is 350 g/mol. The van der Waals surface area contributed by atoms with Crippen LogP contribution in [0.3, 0.4) is 0 Å². The van der Waals surface area contributed by atoms with E-state index in [1.165, 1.54) is 4.90 Å². The predicted octanol–water partition coefficient (Wildman–Crippen LogP) is 0.139. The molecule has 3 aliphatic rings. The van der Waals surface area contributed by atoms with E-state index in [4.69, 9.17) is 4.74 Å². The number of carbonyl (C=O) groups is 3. The van der Waals surface area contributed by atoms with Gasteiger partial charge in [-0.05, 0) is 37.6 Å². The Labute approximate surface area is 157 Å². The molecule has 1 aromatic rings. The molecule has 0 radical (unpaired) electrons. The van der Waals surface area contributed by atoms with Crippen molar-refractivity contribution < 1.29 is 19.1 Å². The quantitative estimate of drug-likeness (QED) is 0.728. The topological polar surface area (TPSA) is 94.2 Å². The molecular formula is C18H23N5O4. The summed E-state index contributed by atoms with van der Waals surface area (Å²) in [5, 5.41) is 5.83. The van der Waals surface area contributed by atoms with E-state index in [0.717, 1.165) is 25.2 Å². The van der Waals surface area contributed by atoms with Crippen LogP contribution in [0.1, 0.15) is 23.7 Å². The average Bonchev–Trinajstić information content (AvgIpc) is 3.07. The van der Waals surface area contributed by atoms with Crippen molar-refractivity contribution in [1.29, 1.82) is 0 Å². The molecule has 0 aliphatic carbocycles. The molecule has 3 saturated heterocycles. The van der Waals surface area contributed by atoms with E-state index >= 15 is 0 Å². The molecule has 3 atom stereocenters. The maximum Gasteiger partial charge on any atom is 0.338 e. The van der Waals surface area contributed by atoms with Gasteiger partial charge in [-0.15, -0.1) is 0 Å². The summed E-state index contributed by atoms with van der Waals surface area (Å²) >= 11 is 0. The van der Waals surface area contributed by atoms with Crippen molar-refractivity contribution in [3.63, 3.8) is 0 Å². The highest BCUT2D eigenvalue weighted by molar-refractivity contribution is 6.00. The van der Waals surface area contributed by atoms with Gasteiger partial charge in [0.15, 0.2) is 0 Å². The molecule has 3 unspecified atom stereocenters. The number of nitrogens with one attached hydrogen (secondary N) is 2. The molecule has 144 valence electrons. The standard InChI is InChI=1S/C18H23N5O4/c1-3-27-16(25)11-5-7-12(8-6-11)22-9-4-10-23-13-14(19-17(22)23)21(2)18(26)20-15(13)24/h5-8,13-14,17,19H,3-4,9-10H2,1-2H3,(H,20,24,26). The van der Waals surface area contributed by atoms with E-state index in [-0.39, 0.29) is 30.4 Å². The van der Waals surface area contributed by atoms with Crippen molar-refractivity contribution in [2.45, 2.75) is 31.8 Å². The second-order valence-corrected chi connectivity index (χ2v) is 6.89. The minimum absolute atomic E-state index is 0.193. The second kappa shape index (κ2) is 6.82. The number of imide groups is 1. The van der Waals surface area contributed by atoms with Gasteiger partial charge < -0.3 is 14.5 Å². The smallest absolute Gasteiger partial charge is 0.338 e. The molecule has 27 heavy (non-hydrogen) atoms. The number of urea groups is 1. The lowest BCUT2D eigenvalue weighted by molar-refractivity contribution is -0.128.